The Kier molecular flexibility index (Phi) is 1.85. The molecule has 0 nitrogen and oxygen atoms in total. The first-order valence-electron chi connectivity index (χ1n) is 2.98. The lowest BCUT2D eigenvalue weighted by Gasteiger charge is -1.93. The average Bonchev–Trinajstić information content (AvgIpc) is 2.14. The second kappa shape index (κ2) is 2.46. The fraction of sp³-hybridized carbons (Fsp3) is 0.429. The van der Waals surface area contributed by atoms with Crippen molar-refractivity contribution in [2.75, 3.05) is 0 Å². The van der Waals surface area contributed by atoms with Crippen molar-refractivity contribution in [2.45, 2.75) is 19.8 Å². The summed E-state index contributed by atoms with van der Waals surface area (Å²) in [6, 6.07) is 0. The van der Waals surface area contributed by atoms with Gasteiger partial charge >= 0.3 is 0 Å². The van der Waals surface area contributed by atoms with Crippen LogP contribution in [0, 0.1) is 0 Å². The molecule has 44 valence electrons. The zero-order valence-corrected chi connectivity index (χ0v) is 6.30. The van der Waals surface area contributed by atoms with Crippen LogP contribution in [-0.2, 0) is 0 Å². The molecule has 0 aromatic rings. The van der Waals surface area contributed by atoms with E-state index < -0.39 is 0 Å². The van der Waals surface area contributed by atoms with E-state index in [1.165, 1.54) is 17.3 Å². The summed E-state index contributed by atoms with van der Waals surface area (Å²) in [7, 11) is 2.77. The van der Waals surface area contributed by atoms with Crippen LogP contribution in [0.5, 0.6) is 0 Å². The van der Waals surface area contributed by atoms with Gasteiger partial charge < -0.3 is 0 Å². The van der Waals surface area contributed by atoms with Crippen molar-refractivity contribution in [2.24, 2.45) is 0 Å². The summed E-state index contributed by atoms with van der Waals surface area (Å²) in [4.78, 5) is 0. The van der Waals surface area contributed by atoms with Gasteiger partial charge in [-0.1, -0.05) is 19.1 Å². The normalized spacial score (nSPS) is 18.2. The third kappa shape index (κ3) is 1.00. The minimum Gasteiger partial charge on any atom is -0.109 e. The molecule has 1 rings (SSSR count). The number of rotatable bonds is 1. The minimum atomic E-state index is 1.15. The van der Waals surface area contributed by atoms with Crippen molar-refractivity contribution < 1.29 is 0 Å². The topological polar surface area (TPSA) is 0 Å². The molecule has 0 bridgehead atoms. The van der Waals surface area contributed by atoms with Gasteiger partial charge in [0.1, 0.15) is 0 Å². The Morgan fingerprint density at radius 2 is 2.50 bits per heavy atom. The van der Waals surface area contributed by atoms with E-state index in [4.69, 9.17) is 0 Å². The lowest BCUT2D eigenvalue weighted by atomic mass is 10.2. The van der Waals surface area contributed by atoms with Crippen LogP contribution < -0.4 is 0 Å². The largest absolute Gasteiger partial charge is 0.109 e. The maximum Gasteiger partial charge on any atom is -0.00923 e. The van der Waals surface area contributed by atoms with E-state index in [-0.39, 0.29) is 0 Å². The average molecular weight is 126 g/mol. The Morgan fingerprint density at radius 3 is 2.75 bits per heavy atom. The van der Waals surface area contributed by atoms with E-state index in [2.05, 4.69) is 28.3 Å². The fourth-order valence-corrected chi connectivity index (χ4v) is 1.35. The van der Waals surface area contributed by atoms with E-state index in [9.17, 15) is 0 Å². The number of hydrogen-bond acceptors (Lipinski definition) is 0. The molecule has 0 heterocycles. The molecule has 0 N–H and O–H groups in total. The Bertz CT molecular complexity index is 142. The third-order valence-electron chi connectivity index (χ3n) is 1.45. The predicted octanol–water partition coefficient (Wildman–Crippen LogP) is 2.49. The zero-order chi connectivity index (χ0) is 5.98. The monoisotopic (exact) mass is 126 g/mol. The quantitative estimate of drug-likeness (QED) is 0.473. The summed E-state index contributed by atoms with van der Waals surface area (Å²) in [6.07, 6.45) is 6.74. The van der Waals surface area contributed by atoms with Gasteiger partial charge in [-0.25, -0.2) is 0 Å². The second-order valence-electron chi connectivity index (χ2n) is 2.01. The molecule has 0 saturated carbocycles. The van der Waals surface area contributed by atoms with Crippen molar-refractivity contribution in [1.29, 1.82) is 0 Å². The maximum atomic E-state index is 2.77. The van der Waals surface area contributed by atoms with Crippen LogP contribution in [0.2, 0.25) is 0 Å². The van der Waals surface area contributed by atoms with Crippen molar-refractivity contribution in [3.8, 4) is 0 Å². The van der Waals surface area contributed by atoms with E-state index in [0.717, 1.165) is 6.42 Å². The highest BCUT2D eigenvalue weighted by Gasteiger charge is 1.99. The van der Waals surface area contributed by atoms with Crippen LogP contribution in [0.15, 0.2) is 23.0 Å². The van der Waals surface area contributed by atoms with Crippen molar-refractivity contribution in [3.05, 3.63) is 23.0 Å². The lowest BCUT2D eigenvalue weighted by Crippen LogP contribution is -1.70. The van der Waals surface area contributed by atoms with Gasteiger partial charge in [0, 0.05) is 0 Å². The number of hydrogen-bond donors (Lipinski definition) is 0. The molecule has 0 radical (unpaired) electrons. The molecule has 0 fully saturated rings. The molecular formula is C7H11P. The van der Waals surface area contributed by atoms with E-state index in [1.807, 2.05) is 0 Å². The van der Waals surface area contributed by atoms with Gasteiger partial charge in [-0.15, -0.1) is 9.24 Å². The first kappa shape index (κ1) is 6.04. The highest BCUT2D eigenvalue weighted by atomic mass is 31.0. The molecule has 1 atom stereocenters. The molecule has 0 aromatic carbocycles. The summed E-state index contributed by atoms with van der Waals surface area (Å²) in [6.45, 7) is 2.19. The third-order valence-corrected chi connectivity index (χ3v) is 2.06. The summed E-state index contributed by atoms with van der Waals surface area (Å²) < 4.78 is 0. The predicted molar refractivity (Wildman–Crippen MR) is 40.8 cm³/mol. The van der Waals surface area contributed by atoms with Crippen LogP contribution in [0.4, 0.5) is 0 Å². The molecule has 1 aliphatic rings. The summed E-state index contributed by atoms with van der Waals surface area (Å²) >= 11 is 0. The van der Waals surface area contributed by atoms with Gasteiger partial charge in [0.2, 0.25) is 0 Å². The second-order valence-corrected chi connectivity index (χ2v) is 2.71. The van der Waals surface area contributed by atoms with E-state index in [1.54, 1.807) is 0 Å². The first-order chi connectivity index (χ1) is 3.84. The van der Waals surface area contributed by atoms with Crippen LogP contribution >= 0.6 is 9.24 Å². The molecule has 0 amide bonds. The van der Waals surface area contributed by atoms with Gasteiger partial charge in [0.15, 0.2) is 0 Å². The van der Waals surface area contributed by atoms with Crippen LogP contribution in [-0.4, -0.2) is 0 Å². The van der Waals surface area contributed by atoms with E-state index in [0.29, 0.717) is 0 Å². The Balaban J connectivity index is 2.70. The van der Waals surface area contributed by atoms with Crippen molar-refractivity contribution in [3.63, 3.8) is 0 Å². The summed E-state index contributed by atoms with van der Waals surface area (Å²) in [5, 5.41) is 1.47. The number of allylic oxidation sites excluding steroid dienone is 4. The molecule has 0 aromatic heterocycles. The summed E-state index contributed by atoms with van der Waals surface area (Å²) in [5.74, 6) is 0. The molecular weight excluding hydrogens is 115 g/mol. The van der Waals surface area contributed by atoms with Gasteiger partial charge in [-0.05, 0) is 23.7 Å². The fourth-order valence-electron chi connectivity index (χ4n) is 0.911. The molecule has 1 aliphatic carbocycles. The molecule has 1 unspecified atom stereocenters. The Morgan fingerprint density at radius 1 is 1.75 bits per heavy atom. The Hall–Kier alpha value is -0.0900. The molecule has 0 aliphatic heterocycles. The highest BCUT2D eigenvalue weighted by molar-refractivity contribution is 7.22. The zero-order valence-electron chi connectivity index (χ0n) is 5.15. The van der Waals surface area contributed by atoms with Gasteiger partial charge in [0.25, 0.3) is 0 Å². The smallest absolute Gasteiger partial charge is 0.00923 e. The maximum absolute atomic E-state index is 2.77. The standard InChI is InChI=1S/C7H11P/c1-2-6-4-3-5-7(6)8/h3-4H,2,5,8H2,1H3. The van der Waals surface area contributed by atoms with Gasteiger partial charge in [-0.3, -0.25) is 0 Å². The van der Waals surface area contributed by atoms with Gasteiger partial charge in [0.05, 0.1) is 0 Å². The van der Waals surface area contributed by atoms with Crippen LogP contribution in [0.1, 0.15) is 19.8 Å². The molecule has 8 heavy (non-hydrogen) atoms. The first-order valence-corrected chi connectivity index (χ1v) is 3.56. The molecule has 0 spiro atoms. The SMILES string of the molecule is CCC1=C(P)CC=C1. The van der Waals surface area contributed by atoms with E-state index >= 15 is 0 Å². The van der Waals surface area contributed by atoms with Crippen LogP contribution in [0.3, 0.4) is 0 Å². The highest BCUT2D eigenvalue weighted by Crippen LogP contribution is 2.25. The summed E-state index contributed by atoms with van der Waals surface area (Å²) in [5.41, 5.74) is 1.50. The molecule has 0 saturated heterocycles. The van der Waals surface area contributed by atoms with Crippen molar-refractivity contribution >= 4 is 9.24 Å². The Labute approximate surface area is 52.9 Å². The molecule has 1 heteroatoms. The van der Waals surface area contributed by atoms with Crippen molar-refractivity contribution in [1.82, 2.24) is 0 Å². The minimum absolute atomic E-state index is 1.15. The van der Waals surface area contributed by atoms with Crippen LogP contribution in [0.25, 0.3) is 0 Å². The van der Waals surface area contributed by atoms with Gasteiger partial charge in [-0.2, -0.15) is 0 Å². The lowest BCUT2D eigenvalue weighted by molar-refractivity contribution is 1.14.